The van der Waals surface area contributed by atoms with Gasteiger partial charge in [-0.05, 0) is 39.5 Å². The normalized spacial score (nSPS) is 19.8. The molecule has 16 heavy (non-hydrogen) atoms. The van der Waals surface area contributed by atoms with Gasteiger partial charge in [-0.1, -0.05) is 0 Å². The summed E-state index contributed by atoms with van der Waals surface area (Å²) in [6, 6.07) is 0.351. The molecule has 0 spiro atoms. The lowest BCUT2D eigenvalue weighted by Gasteiger charge is -2.28. The van der Waals surface area contributed by atoms with Crippen LogP contribution in [0.4, 0.5) is 0 Å². The van der Waals surface area contributed by atoms with Gasteiger partial charge in [0, 0.05) is 19.3 Å². The summed E-state index contributed by atoms with van der Waals surface area (Å²) in [5.74, 6) is 0.439. The standard InChI is InChI=1S/C12H23NO3/c1-9(2)16-12(14)8-13-10(3)11-4-6-15-7-5-11/h9-11,13H,4-8H2,1-3H3. The lowest BCUT2D eigenvalue weighted by atomic mass is 9.93. The topological polar surface area (TPSA) is 47.6 Å². The Hall–Kier alpha value is -0.610. The molecule has 1 unspecified atom stereocenters. The highest BCUT2D eigenvalue weighted by molar-refractivity contribution is 5.71. The van der Waals surface area contributed by atoms with Crippen molar-refractivity contribution in [1.29, 1.82) is 0 Å². The molecule has 1 saturated heterocycles. The molecule has 4 heteroatoms. The minimum Gasteiger partial charge on any atom is -0.462 e. The molecule has 0 radical (unpaired) electrons. The van der Waals surface area contributed by atoms with Crippen LogP contribution in [0.5, 0.6) is 0 Å². The highest BCUT2D eigenvalue weighted by atomic mass is 16.5. The molecule has 1 atom stereocenters. The number of esters is 1. The number of rotatable bonds is 5. The Kier molecular flexibility index (Phi) is 5.77. The van der Waals surface area contributed by atoms with Crippen molar-refractivity contribution >= 4 is 5.97 Å². The molecule has 0 aromatic carbocycles. The summed E-state index contributed by atoms with van der Waals surface area (Å²) >= 11 is 0. The Morgan fingerprint density at radius 1 is 1.38 bits per heavy atom. The van der Waals surface area contributed by atoms with E-state index in [1.54, 1.807) is 0 Å². The Morgan fingerprint density at radius 3 is 2.56 bits per heavy atom. The van der Waals surface area contributed by atoms with E-state index in [0.29, 0.717) is 18.5 Å². The molecule has 1 aliphatic heterocycles. The average Bonchev–Trinajstić information content (AvgIpc) is 2.26. The molecule has 1 aliphatic rings. The Balaban J connectivity index is 2.18. The van der Waals surface area contributed by atoms with Gasteiger partial charge in [0.25, 0.3) is 0 Å². The van der Waals surface area contributed by atoms with Crippen molar-refractivity contribution in [3.63, 3.8) is 0 Å². The predicted molar refractivity (Wildman–Crippen MR) is 62.2 cm³/mol. The van der Waals surface area contributed by atoms with Crippen molar-refractivity contribution in [1.82, 2.24) is 5.32 Å². The number of ether oxygens (including phenoxy) is 2. The number of carbonyl (C=O) groups excluding carboxylic acids is 1. The fourth-order valence-corrected chi connectivity index (χ4v) is 1.93. The second-order valence-corrected chi connectivity index (χ2v) is 4.66. The quantitative estimate of drug-likeness (QED) is 0.723. The van der Waals surface area contributed by atoms with Gasteiger partial charge < -0.3 is 14.8 Å². The van der Waals surface area contributed by atoms with Crippen LogP contribution in [0.1, 0.15) is 33.6 Å². The lowest BCUT2D eigenvalue weighted by Crippen LogP contribution is -2.40. The van der Waals surface area contributed by atoms with Crippen molar-refractivity contribution in [3.05, 3.63) is 0 Å². The zero-order valence-electron chi connectivity index (χ0n) is 10.5. The summed E-state index contributed by atoms with van der Waals surface area (Å²) < 4.78 is 10.4. The van der Waals surface area contributed by atoms with Crippen LogP contribution in [0.25, 0.3) is 0 Å². The van der Waals surface area contributed by atoms with Crippen LogP contribution in [-0.2, 0) is 14.3 Å². The van der Waals surface area contributed by atoms with Crippen LogP contribution in [0.15, 0.2) is 0 Å². The van der Waals surface area contributed by atoms with E-state index in [2.05, 4.69) is 12.2 Å². The third kappa shape index (κ3) is 4.94. The fourth-order valence-electron chi connectivity index (χ4n) is 1.93. The molecule has 0 bridgehead atoms. The highest BCUT2D eigenvalue weighted by Gasteiger charge is 2.20. The first kappa shape index (κ1) is 13.5. The molecule has 1 N–H and O–H groups in total. The number of carbonyl (C=O) groups is 1. The molecule has 0 saturated carbocycles. The predicted octanol–water partition coefficient (Wildman–Crippen LogP) is 1.34. The fraction of sp³-hybridized carbons (Fsp3) is 0.917. The first-order chi connectivity index (χ1) is 7.59. The summed E-state index contributed by atoms with van der Waals surface area (Å²) in [5.41, 5.74) is 0. The largest absolute Gasteiger partial charge is 0.462 e. The van der Waals surface area contributed by atoms with Gasteiger partial charge in [-0.2, -0.15) is 0 Å². The molecule has 0 aliphatic carbocycles. The van der Waals surface area contributed by atoms with Gasteiger partial charge in [0.15, 0.2) is 0 Å². The second-order valence-electron chi connectivity index (χ2n) is 4.66. The first-order valence-corrected chi connectivity index (χ1v) is 6.10. The van der Waals surface area contributed by atoms with Gasteiger partial charge in [0.2, 0.25) is 0 Å². The van der Waals surface area contributed by atoms with Crippen molar-refractivity contribution in [2.75, 3.05) is 19.8 Å². The molecule has 0 aromatic rings. The molecule has 94 valence electrons. The molecule has 1 rings (SSSR count). The molecule has 1 heterocycles. The average molecular weight is 229 g/mol. The number of hydrogen-bond donors (Lipinski definition) is 1. The maximum absolute atomic E-state index is 11.3. The molecule has 0 aromatic heterocycles. The van der Waals surface area contributed by atoms with Crippen molar-refractivity contribution in [2.45, 2.75) is 45.8 Å². The summed E-state index contributed by atoms with van der Waals surface area (Å²) in [5, 5.41) is 3.23. The van der Waals surface area contributed by atoms with E-state index in [0.717, 1.165) is 26.1 Å². The monoisotopic (exact) mass is 229 g/mol. The van der Waals surface area contributed by atoms with E-state index in [1.165, 1.54) is 0 Å². The smallest absolute Gasteiger partial charge is 0.320 e. The van der Waals surface area contributed by atoms with Gasteiger partial charge in [0.05, 0.1) is 12.6 Å². The minimum absolute atomic E-state index is 0.0345. The van der Waals surface area contributed by atoms with Crippen LogP contribution >= 0.6 is 0 Å². The second kappa shape index (κ2) is 6.86. The third-order valence-electron chi connectivity index (χ3n) is 2.91. The van der Waals surface area contributed by atoms with Gasteiger partial charge in [-0.15, -0.1) is 0 Å². The van der Waals surface area contributed by atoms with Crippen LogP contribution in [0.2, 0.25) is 0 Å². The Bertz CT molecular complexity index is 212. The van der Waals surface area contributed by atoms with Crippen molar-refractivity contribution < 1.29 is 14.3 Å². The SMILES string of the molecule is CC(C)OC(=O)CNC(C)C1CCOCC1. The van der Waals surface area contributed by atoms with Gasteiger partial charge in [-0.3, -0.25) is 4.79 Å². The lowest BCUT2D eigenvalue weighted by molar-refractivity contribution is -0.146. The maximum atomic E-state index is 11.3. The first-order valence-electron chi connectivity index (χ1n) is 6.10. The van der Waals surface area contributed by atoms with Crippen molar-refractivity contribution in [2.24, 2.45) is 5.92 Å². The molecular formula is C12H23NO3. The van der Waals surface area contributed by atoms with E-state index >= 15 is 0 Å². The highest BCUT2D eigenvalue weighted by Crippen LogP contribution is 2.18. The van der Waals surface area contributed by atoms with Gasteiger partial charge in [0.1, 0.15) is 0 Å². The van der Waals surface area contributed by atoms with Gasteiger partial charge in [-0.25, -0.2) is 0 Å². The number of nitrogens with one attached hydrogen (secondary N) is 1. The van der Waals surface area contributed by atoms with Gasteiger partial charge >= 0.3 is 5.97 Å². The Labute approximate surface area is 97.7 Å². The third-order valence-corrected chi connectivity index (χ3v) is 2.91. The minimum atomic E-state index is -0.172. The zero-order valence-corrected chi connectivity index (χ0v) is 10.5. The zero-order chi connectivity index (χ0) is 12.0. The maximum Gasteiger partial charge on any atom is 0.320 e. The number of hydrogen-bond acceptors (Lipinski definition) is 4. The molecule has 1 fully saturated rings. The van der Waals surface area contributed by atoms with E-state index in [4.69, 9.17) is 9.47 Å². The summed E-state index contributed by atoms with van der Waals surface area (Å²) in [4.78, 5) is 11.3. The van der Waals surface area contributed by atoms with E-state index in [1.807, 2.05) is 13.8 Å². The van der Waals surface area contributed by atoms with E-state index in [9.17, 15) is 4.79 Å². The van der Waals surface area contributed by atoms with E-state index < -0.39 is 0 Å². The molecule has 4 nitrogen and oxygen atoms in total. The summed E-state index contributed by atoms with van der Waals surface area (Å²) in [6.07, 6.45) is 2.12. The van der Waals surface area contributed by atoms with Crippen LogP contribution in [-0.4, -0.2) is 37.9 Å². The summed E-state index contributed by atoms with van der Waals surface area (Å²) in [6.45, 7) is 7.83. The van der Waals surface area contributed by atoms with Crippen molar-refractivity contribution in [3.8, 4) is 0 Å². The van der Waals surface area contributed by atoms with Crippen LogP contribution in [0, 0.1) is 5.92 Å². The Morgan fingerprint density at radius 2 is 2.00 bits per heavy atom. The summed E-state index contributed by atoms with van der Waals surface area (Å²) in [7, 11) is 0. The molecule has 0 amide bonds. The van der Waals surface area contributed by atoms with Crippen LogP contribution < -0.4 is 5.32 Å². The molecular weight excluding hydrogens is 206 g/mol. The van der Waals surface area contributed by atoms with E-state index in [-0.39, 0.29) is 12.1 Å². The van der Waals surface area contributed by atoms with Crippen LogP contribution in [0.3, 0.4) is 0 Å².